The molecule has 1 atom stereocenters. The Hall–Kier alpha value is -3.45. The molecule has 3 aromatic carbocycles. The minimum Gasteiger partial charge on any atom is -0.496 e. The first-order valence-corrected chi connectivity index (χ1v) is 13.2. The molecule has 2 heterocycles. The summed E-state index contributed by atoms with van der Waals surface area (Å²) in [4.78, 5) is 2.33. The number of nitrogens with zero attached hydrogens (tertiary/aromatic N) is 1. The van der Waals surface area contributed by atoms with Crippen LogP contribution in [0.1, 0.15) is 38.8 Å². The van der Waals surface area contributed by atoms with Gasteiger partial charge in [-0.1, -0.05) is 18.2 Å². The zero-order valence-electron chi connectivity index (χ0n) is 21.5. The van der Waals surface area contributed by atoms with Crippen molar-refractivity contribution in [2.75, 3.05) is 24.4 Å². The van der Waals surface area contributed by atoms with Gasteiger partial charge >= 0.3 is 0 Å². The van der Waals surface area contributed by atoms with Gasteiger partial charge in [0.2, 0.25) is 11.1 Å². The van der Waals surface area contributed by atoms with E-state index in [9.17, 15) is 4.21 Å². The molecule has 36 heavy (non-hydrogen) atoms. The number of hydrogen-bond acceptors (Lipinski definition) is 6. The average Bonchev–Trinajstić information content (AvgIpc) is 3.23. The van der Waals surface area contributed by atoms with E-state index in [4.69, 9.17) is 13.7 Å². The van der Waals surface area contributed by atoms with Crippen molar-refractivity contribution in [3.05, 3.63) is 71.8 Å². The zero-order chi connectivity index (χ0) is 25.6. The van der Waals surface area contributed by atoms with Gasteiger partial charge in [0.15, 0.2) is 0 Å². The van der Waals surface area contributed by atoms with Crippen LogP contribution in [-0.2, 0) is 17.6 Å². The fourth-order valence-corrected chi connectivity index (χ4v) is 5.40. The molecule has 3 aromatic rings. The van der Waals surface area contributed by atoms with E-state index in [-0.39, 0.29) is 10.8 Å². The van der Waals surface area contributed by atoms with Crippen molar-refractivity contribution in [2.24, 2.45) is 0 Å². The van der Waals surface area contributed by atoms with E-state index in [0.29, 0.717) is 18.0 Å². The van der Waals surface area contributed by atoms with Crippen LogP contribution in [0.3, 0.4) is 0 Å². The maximum absolute atomic E-state index is 12.2. The molecule has 0 bridgehead atoms. The SMILES string of the molecule is COc1cc(OS(=O)C(C)C)ccc1-c1ccc2c3c1CN(c1ccccc1OC)C3=CC(C)(C)N2. The number of hydrogen-bond donors (Lipinski definition) is 1. The molecule has 5 rings (SSSR count). The molecule has 0 radical (unpaired) electrons. The third-order valence-corrected chi connectivity index (χ3v) is 7.66. The zero-order valence-corrected chi connectivity index (χ0v) is 22.4. The van der Waals surface area contributed by atoms with E-state index in [1.54, 1.807) is 14.2 Å². The monoisotopic (exact) mass is 504 g/mol. The molecule has 188 valence electrons. The lowest BCUT2D eigenvalue weighted by atomic mass is 9.89. The first-order chi connectivity index (χ1) is 17.2. The second-order valence-corrected chi connectivity index (χ2v) is 11.5. The minimum absolute atomic E-state index is 0.0973. The van der Waals surface area contributed by atoms with Gasteiger partial charge in [0.1, 0.15) is 17.2 Å². The molecule has 2 aliphatic heterocycles. The van der Waals surface area contributed by atoms with Gasteiger partial charge in [0.25, 0.3) is 0 Å². The summed E-state index contributed by atoms with van der Waals surface area (Å²) < 4.78 is 29.4. The molecule has 0 spiro atoms. The van der Waals surface area contributed by atoms with Crippen molar-refractivity contribution in [3.8, 4) is 28.4 Å². The Morgan fingerprint density at radius 3 is 2.42 bits per heavy atom. The van der Waals surface area contributed by atoms with Crippen molar-refractivity contribution in [2.45, 2.75) is 45.0 Å². The molecule has 0 saturated heterocycles. The van der Waals surface area contributed by atoms with Crippen LogP contribution in [-0.4, -0.2) is 29.2 Å². The molecule has 1 N–H and O–H groups in total. The lowest BCUT2D eigenvalue weighted by Gasteiger charge is -2.33. The maximum Gasteiger partial charge on any atom is 0.209 e. The number of benzene rings is 3. The summed E-state index contributed by atoms with van der Waals surface area (Å²) in [5, 5.41) is 3.58. The van der Waals surface area contributed by atoms with Crippen molar-refractivity contribution >= 4 is 28.2 Å². The summed E-state index contributed by atoms with van der Waals surface area (Å²) in [5.41, 5.74) is 7.57. The summed E-state index contributed by atoms with van der Waals surface area (Å²) in [7, 11) is 3.36. The van der Waals surface area contributed by atoms with Gasteiger partial charge < -0.3 is 23.9 Å². The van der Waals surface area contributed by atoms with Crippen LogP contribution in [0, 0.1) is 0 Å². The van der Waals surface area contributed by atoms with Crippen LogP contribution in [0.5, 0.6) is 17.2 Å². The van der Waals surface area contributed by atoms with E-state index < -0.39 is 11.1 Å². The topological polar surface area (TPSA) is 60.0 Å². The van der Waals surface area contributed by atoms with Crippen molar-refractivity contribution < 1.29 is 17.9 Å². The number of rotatable bonds is 7. The average molecular weight is 505 g/mol. The fraction of sp³-hybridized carbons (Fsp3) is 0.310. The summed E-state index contributed by atoms with van der Waals surface area (Å²) in [6, 6.07) is 18.1. The number of ether oxygens (including phenoxy) is 2. The van der Waals surface area contributed by atoms with Gasteiger partial charge in [0, 0.05) is 35.1 Å². The molecule has 7 heteroatoms. The Kier molecular flexibility index (Phi) is 6.20. The molecular weight excluding hydrogens is 472 g/mol. The van der Waals surface area contributed by atoms with E-state index in [0.717, 1.165) is 28.3 Å². The third kappa shape index (κ3) is 4.22. The first-order valence-electron chi connectivity index (χ1n) is 12.1. The van der Waals surface area contributed by atoms with Crippen LogP contribution < -0.4 is 23.9 Å². The van der Waals surface area contributed by atoms with E-state index in [1.165, 1.54) is 16.8 Å². The van der Waals surface area contributed by atoms with Gasteiger partial charge in [-0.15, -0.1) is 0 Å². The van der Waals surface area contributed by atoms with Crippen LogP contribution >= 0.6 is 0 Å². The Morgan fingerprint density at radius 2 is 1.69 bits per heavy atom. The standard InChI is InChI=1S/C29H32N2O4S/c1-18(2)36(32)35-19-11-12-21(27(15-19)34-6)20-13-14-23-28-22(20)17-31(25(28)16-29(3,4)30-23)24-9-7-8-10-26(24)33-5/h7-16,18,30H,17H2,1-6H3. The van der Waals surface area contributed by atoms with Gasteiger partial charge in [-0.25, -0.2) is 4.21 Å². The Labute approximate surface area is 215 Å². The van der Waals surface area contributed by atoms with Crippen molar-refractivity contribution in [1.82, 2.24) is 0 Å². The smallest absolute Gasteiger partial charge is 0.209 e. The van der Waals surface area contributed by atoms with Crippen molar-refractivity contribution in [3.63, 3.8) is 0 Å². The lowest BCUT2D eigenvalue weighted by Crippen LogP contribution is -2.33. The molecule has 0 aromatic heterocycles. The molecule has 1 unspecified atom stereocenters. The van der Waals surface area contributed by atoms with Crippen molar-refractivity contribution in [1.29, 1.82) is 0 Å². The van der Waals surface area contributed by atoms with Crippen LogP contribution in [0.25, 0.3) is 16.8 Å². The third-order valence-electron chi connectivity index (χ3n) is 6.53. The Morgan fingerprint density at radius 1 is 0.972 bits per heavy atom. The molecule has 0 fully saturated rings. The summed E-state index contributed by atoms with van der Waals surface area (Å²) in [6.45, 7) is 8.78. The van der Waals surface area contributed by atoms with Gasteiger partial charge in [-0.2, -0.15) is 0 Å². The predicted molar refractivity (Wildman–Crippen MR) is 147 cm³/mol. The minimum atomic E-state index is -1.41. The summed E-state index contributed by atoms with van der Waals surface area (Å²) in [5.74, 6) is 2.04. The summed E-state index contributed by atoms with van der Waals surface area (Å²) >= 11 is -1.41. The highest BCUT2D eigenvalue weighted by Gasteiger charge is 2.37. The highest BCUT2D eigenvalue weighted by molar-refractivity contribution is 7.81. The van der Waals surface area contributed by atoms with E-state index in [1.807, 2.05) is 50.2 Å². The first kappa shape index (κ1) is 24.3. The number of anilines is 2. The molecule has 0 amide bonds. The van der Waals surface area contributed by atoms with E-state index in [2.05, 4.69) is 48.3 Å². The number of para-hydroxylation sites is 2. The predicted octanol–water partition coefficient (Wildman–Crippen LogP) is 6.39. The molecule has 0 saturated carbocycles. The van der Waals surface area contributed by atoms with E-state index >= 15 is 0 Å². The van der Waals surface area contributed by atoms with Gasteiger partial charge in [0.05, 0.1) is 30.7 Å². The molecule has 6 nitrogen and oxygen atoms in total. The maximum atomic E-state index is 12.2. The van der Waals surface area contributed by atoms with Crippen LogP contribution in [0.4, 0.5) is 11.4 Å². The highest BCUT2D eigenvalue weighted by atomic mass is 32.2. The Balaban J connectivity index is 1.64. The van der Waals surface area contributed by atoms with Crippen LogP contribution in [0.15, 0.2) is 60.7 Å². The molecule has 0 aliphatic carbocycles. The van der Waals surface area contributed by atoms with Crippen LogP contribution in [0.2, 0.25) is 0 Å². The quantitative estimate of drug-likeness (QED) is 0.403. The second kappa shape index (κ2) is 9.21. The lowest BCUT2D eigenvalue weighted by molar-refractivity contribution is 0.414. The molecule has 2 aliphatic rings. The summed E-state index contributed by atoms with van der Waals surface area (Å²) in [6.07, 6.45) is 2.29. The fourth-order valence-electron chi connectivity index (χ4n) is 4.92. The molecular formula is C29H32N2O4S. The van der Waals surface area contributed by atoms with Gasteiger partial charge in [-0.3, -0.25) is 0 Å². The normalized spacial score (nSPS) is 16.2. The highest BCUT2D eigenvalue weighted by Crippen LogP contribution is 2.51. The second-order valence-electron chi connectivity index (χ2n) is 9.90. The number of nitrogens with one attached hydrogen (secondary N) is 1. The Bertz CT molecular complexity index is 1380. The van der Waals surface area contributed by atoms with Gasteiger partial charge in [-0.05, 0) is 75.2 Å². The number of methoxy groups -OCH3 is 2. The largest absolute Gasteiger partial charge is 0.496 e.